The van der Waals surface area contributed by atoms with Crippen LogP contribution in [0.25, 0.3) is 0 Å². The molecule has 4 nitrogen and oxygen atoms in total. The quantitative estimate of drug-likeness (QED) is 0.717. The molecule has 5 heteroatoms. The second-order valence-electron chi connectivity index (χ2n) is 5.10. The van der Waals surface area contributed by atoms with E-state index in [1.165, 1.54) is 0 Å². The molecular formula is C12H25ClN2O2. The summed E-state index contributed by atoms with van der Waals surface area (Å²) in [4.78, 5) is 11.9. The van der Waals surface area contributed by atoms with Gasteiger partial charge < -0.3 is 16.2 Å². The summed E-state index contributed by atoms with van der Waals surface area (Å²) in [5, 5.41) is 12.6. The molecule has 0 heterocycles. The molecule has 1 aliphatic carbocycles. The van der Waals surface area contributed by atoms with Crippen molar-refractivity contribution in [2.75, 3.05) is 0 Å². The fourth-order valence-corrected chi connectivity index (χ4v) is 2.25. The van der Waals surface area contributed by atoms with Gasteiger partial charge in [-0.25, -0.2) is 0 Å². The maximum atomic E-state index is 11.9. The first-order valence-corrected chi connectivity index (χ1v) is 6.25. The lowest BCUT2D eigenvalue weighted by atomic mass is 9.90. The number of hydrogen-bond donors (Lipinski definition) is 3. The number of carbonyl (C=O) groups excluding carboxylic acids is 1. The molecule has 102 valence electrons. The summed E-state index contributed by atoms with van der Waals surface area (Å²) in [5.41, 5.74) is 5.13. The zero-order chi connectivity index (χ0) is 12.2. The molecule has 0 bridgehead atoms. The largest absolute Gasteiger partial charge is 0.391 e. The summed E-state index contributed by atoms with van der Waals surface area (Å²) in [6.07, 6.45) is 4.89. The molecule has 0 aliphatic heterocycles. The van der Waals surface area contributed by atoms with Crippen molar-refractivity contribution in [1.82, 2.24) is 5.32 Å². The van der Waals surface area contributed by atoms with Crippen LogP contribution >= 0.6 is 12.4 Å². The van der Waals surface area contributed by atoms with Crippen LogP contribution in [0.2, 0.25) is 0 Å². The molecule has 4 N–H and O–H groups in total. The number of nitrogens with two attached hydrogens (primary N) is 1. The Hall–Kier alpha value is -0.320. The Balaban J connectivity index is 0.00000256. The Morgan fingerprint density at radius 1 is 1.47 bits per heavy atom. The number of hydrogen-bond acceptors (Lipinski definition) is 3. The molecule has 1 fully saturated rings. The Morgan fingerprint density at radius 3 is 2.59 bits per heavy atom. The first kappa shape index (κ1) is 16.7. The summed E-state index contributed by atoms with van der Waals surface area (Å²) >= 11 is 0. The minimum Gasteiger partial charge on any atom is -0.391 e. The number of halogens is 1. The van der Waals surface area contributed by atoms with Gasteiger partial charge in [0, 0.05) is 0 Å². The zero-order valence-electron chi connectivity index (χ0n) is 10.7. The van der Waals surface area contributed by atoms with Gasteiger partial charge in [-0.1, -0.05) is 26.2 Å². The first-order chi connectivity index (χ1) is 7.47. The number of amides is 1. The van der Waals surface area contributed by atoms with Crippen molar-refractivity contribution in [2.24, 2.45) is 5.73 Å². The van der Waals surface area contributed by atoms with Crippen molar-refractivity contribution in [2.45, 2.75) is 70.1 Å². The van der Waals surface area contributed by atoms with Crippen LogP contribution in [0.3, 0.4) is 0 Å². The van der Waals surface area contributed by atoms with E-state index in [-0.39, 0.29) is 24.4 Å². The van der Waals surface area contributed by atoms with Crippen LogP contribution in [-0.4, -0.2) is 28.7 Å². The molecule has 3 unspecified atom stereocenters. The SMILES string of the molecule is CCCC(C)(N)C(=O)NC1CCCCC1O.Cl. The lowest BCUT2D eigenvalue weighted by molar-refractivity contribution is -0.128. The molecule has 1 saturated carbocycles. The summed E-state index contributed by atoms with van der Waals surface area (Å²) in [6, 6.07) is -0.110. The smallest absolute Gasteiger partial charge is 0.240 e. The van der Waals surface area contributed by atoms with Crippen LogP contribution in [0, 0.1) is 0 Å². The Bertz CT molecular complexity index is 247. The highest BCUT2D eigenvalue weighted by molar-refractivity contribution is 5.86. The zero-order valence-corrected chi connectivity index (χ0v) is 11.6. The van der Waals surface area contributed by atoms with E-state index < -0.39 is 11.6 Å². The van der Waals surface area contributed by atoms with Crippen LogP contribution in [-0.2, 0) is 4.79 Å². The van der Waals surface area contributed by atoms with E-state index in [2.05, 4.69) is 5.32 Å². The number of aliphatic hydroxyl groups is 1. The molecule has 0 spiro atoms. The third kappa shape index (κ3) is 4.82. The van der Waals surface area contributed by atoms with E-state index in [0.29, 0.717) is 6.42 Å². The number of rotatable bonds is 4. The van der Waals surface area contributed by atoms with E-state index >= 15 is 0 Å². The van der Waals surface area contributed by atoms with Crippen molar-refractivity contribution >= 4 is 18.3 Å². The van der Waals surface area contributed by atoms with E-state index in [4.69, 9.17) is 5.73 Å². The molecule has 0 saturated heterocycles. The highest BCUT2D eigenvalue weighted by Gasteiger charge is 2.31. The predicted molar refractivity (Wildman–Crippen MR) is 71.2 cm³/mol. The minimum absolute atomic E-state index is 0. The maximum absolute atomic E-state index is 11.9. The maximum Gasteiger partial charge on any atom is 0.240 e. The predicted octanol–water partition coefficient (Wildman–Crippen LogP) is 1.35. The molecule has 0 aromatic heterocycles. The molecular weight excluding hydrogens is 240 g/mol. The van der Waals surface area contributed by atoms with Gasteiger partial charge in [-0.2, -0.15) is 0 Å². The van der Waals surface area contributed by atoms with Crippen molar-refractivity contribution in [3.8, 4) is 0 Å². The Kier molecular flexibility index (Phi) is 7.05. The Morgan fingerprint density at radius 2 is 2.06 bits per heavy atom. The first-order valence-electron chi connectivity index (χ1n) is 6.25. The second kappa shape index (κ2) is 7.19. The molecule has 1 aliphatic rings. The standard InChI is InChI=1S/C12H24N2O2.ClH/c1-3-8-12(2,13)11(16)14-9-6-4-5-7-10(9)15;/h9-10,15H,3-8,13H2,1-2H3,(H,14,16);1H. The van der Waals surface area contributed by atoms with Crippen molar-refractivity contribution < 1.29 is 9.90 Å². The molecule has 17 heavy (non-hydrogen) atoms. The molecule has 1 rings (SSSR count). The van der Waals surface area contributed by atoms with Gasteiger partial charge in [0.15, 0.2) is 0 Å². The highest BCUT2D eigenvalue weighted by Crippen LogP contribution is 2.19. The van der Waals surface area contributed by atoms with E-state index in [9.17, 15) is 9.90 Å². The summed E-state index contributed by atoms with van der Waals surface area (Å²) in [6.45, 7) is 3.76. The van der Waals surface area contributed by atoms with Crippen LogP contribution in [0.1, 0.15) is 52.4 Å². The van der Waals surface area contributed by atoms with Crippen molar-refractivity contribution in [3.05, 3.63) is 0 Å². The van der Waals surface area contributed by atoms with E-state index in [1.54, 1.807) is 6.92 Å². The molecule has 3 atom stereocenters. The van der Waals surface area contributed by atoms with Gasteiger partial charge in [0.2, 0.25) is 5.91 Å². The van der Waals surface area contributed by atoms with E-state index in [1.807, 2.05) is 6.92 Å². The topological polar surface area (TPSA) is 75.4 Å². The number of aliphatic hydroxyl groups excluding tert-OH is 1. The molecule has 1 amide bonds. The van der Waals surface area contributed by atoms with Gasteiger partial charge in [-0.3, -0.25) is 4.79 Å². The average molecular weight is 265 g/mol. The lowest BCUT2D eigenvalue weighted by Gasteiger charge is -2.32. The summed E-state index contributed by atoms with van der Waals surface area (Å²) in [5.74, 6) is -0.139. The number of nitrogens with one attached hydrogen (secondary N) is 1. The summed E-state index contributed by atoms with van der Waals surface area (Å²) in [7, 11) is 0. The molecule has 0 radical (unpaired) electrons. The third-order valence-corrected chi connectivity index (χ3v) is 3.33. The fourth-order valence-electron chi connectivity index (χ4n) is 2.25. The lowest BCUT2D eigenvalue weighted by Crippen LogP contribution is -2.56. The highest BCUT2D eigenvalue weighted by atomic mass is 35.5. The van der Waals surface area contributed by atoms with Crippen LogP contribution in [0.5, 0.6) is 0 Å². The van der Waals surface area contributed by atoms with Gasteiger partial charge in [-0.05, 0) is 26.2 Å². The Labute approximate surface area is 110 Å². The number of carbonyl (C=O) groups is 1. The van der Waals surface area contributed by atoms with Crippen molar-refractivity contribution in [1.29, 1.82) is 0 Å². The monoisotopic (exact) mass is 264 g/mol. The van der Waals surface area contributed by atoms with Gasteiger partial charge in [0.1, 0.15) is 0 Å². The average Bonchev–Trinajstić information content (AvgIpc) is 2.21. The van der Waals surface area contributed by atoms with Gasteiger partial charge >= 0.3 is 0 Å². The van der Waals surface area contributed by atoms with Crippen LogP contribution in [0.4, 0.5) is 0 Å². The molecule has 0 aromatic rings. The van der Waals surface area contributed by atoms with Gasteiger partial charge in [-0.15, -0.1) is 12.4 Å². The third-order valence-electron chi connectivity index (χ3n) is 3.33. The molecule has 0 aromatic carbocycles. The van der Waals surface area contributed by atoms with Crippen molar-refractivity contribution in [3.63, 3.8) is 0 Å². The second-order valence-corrected chi connectivity index (χ2v) is 5.10. The van der Waals surface area contributed by atoms with Gasteiger partial charge in [0.25, 0.3) is 0 Å². The van der Waals surface area contributed by atoms with Gasteiger partial charge in [0.05, 0.1) is 17.7 Å². The van der Waals surface area contributed by atoms with E-state index in [0.717, 1.165) is 32.1 Å². The van der Waals surface area contributed by atoms with Crippen LogP contribution < -0.4 is 11.1 Å². The minimum atomic E-state index is -0.814. The van der Waals surface area contributed by atoms with Crippen LogP contribution in [0.15, 0.2) is 0 Å². The summed E-state index contributed by atoms with van der Waals surface area (Å²) < 4.78 is 0. The normalized spacial score (nSPS) is 27.8. The fraction of sp³-hybridized carbons (Fsp3) is 0.917.